The molecule has 0 saturated heterocycles. The molecule has 0 radical (unpaired) electrons. The highest BCUT2D eigenvalue weighted by Gasteiger charge is 1.95. The van der Waals surface area contributed by atoms with Crippen LogP contribution in [-0.2, 0) is 11.2 Å². The summed E-state index contributed by atoms with van der Waals surface area (Å²) in [5, 5.41) is 8.94. The molecule has 2 heteroatoms. The molecule has 1 N–H and O–H groups in total. The maximum absolute atomic E-state index is 8.94. The summed E-state index contributed by atoms with van der Waals surface area (Å²) < 4.78 is 5.27. The normalized spacial score (nSPS) is 12.7. The second-order valence-corrected chi connectivity index (χ2v) is 3.51. The van der Waals surface area contributed by atoms with Crippen LogP contribution in [0.5, 0.6) is 0 Å². The number of aliphatic hydroxyl groups excluding tert-OH is 1. The summed E-state index contributed by atoms with van der Waals surface area (Å²) in [6.07, 6.45) is 1.70. The Morgan fingerprint density at radius 1 is 1.29 bits per heavy atom. The van der Waals surface area contributed by atoms with Gasteiger partial charge in [0.05, 0.1) is 12.7 Å². The summed E-state index contributed by atoms with van der Waals surface area (Å²) in [6.45, 7) is 2.89. The van der Waals surface area contributed by atoms with Crippen molar-refractivity contribution in [3.05, 3.63) is 35.9 Å². The Kier molecular flexibility index (Phi) is 5.27. The lowest BCUT2D eigenvalue weighted by atomic mass is 10.1. The molecule has 1 rings (SSSR count). The van der Waals surface area contributed by atoms with Crippen LogP contribution in [0.4, 0.5) is 0 Å². The van der Waals surface area contributed by atoms with E-state index in [4.69, 9.17) is 9.84 Å². The van der Waals surface area contributed by atoms with Gasteiger partial charge in [0.2, 0.25) is 0 Å². The van der Waals surface area contributed by atoms with Crippen LogP contribution in [0.2, 0.25) is 0 Å². The quantitative estimate of drug-likeness (QED) is 0.702. The van der Waals surface area contributed by atoms with Gasteiger partial charge in [-0.25, -0.2) is 0 Å². The molecule has 2 nitrogen and oxygen atoms in total. The maximum atomic E-state index is 8.94. The smallest absolute Gasteiger partial charge is 0.0745 e. The number of ether oxygens (including phenoxy) is 1. The summed E-state index contributed by atoms with van der Waals surface area (Å²) in [6, 6.07) is 10.4. The number of rotatable bonds is 6. The number of aryl methyl sites for hydroxylation is 1. The standard InChI is InChI=1S/C12H18O2/c1-11(13)10-14-9-5-8-12-6-3-2-4-7-12/h2-4,6-7,11,13H,5,8-10H2,1H3. The third kappa shape index (κ3) is 5.00. The number of benzene rings is 1. The summed E-state index contributed by atoms with van der Waals surface area (Å²) in [7, 11) is 0. The SMILES string of the molecule is CC(O)COCCCc1ccccc1. The van der Waals surface area contributed by atoms with E-state index in [1.165, 1.54) is 5.56 Å². The Bertz CT molecular complexity index is 231. The zero-order chi connectivity index (χ0) is 10.2. The van der Waals surface area contributed by atoms with Crippen LogP contribution >= 0.6 is 0 Å². The molecule has 0 bridgehead atoms. The Morgan fingerprint density at radius 2 is 2.00 bits per heavy atom. The predicted molar refractivity (Wildman–Crippen MR) is 57.3 cm³/mol. The van der Waals surface area contributed by atoms with E-state index in [1.54, 1.807) is 6.92 Å². The molecule has 1 aromatic carbocycles. The van der Waals surface area contributed by atoms with Gasteiger partial charge < -0.3 is 9.84 Å². The predicted octanol–water partition coefficient (Wildman–Crippen LogP) is 2.02. The molecule has 0 fully saturated rings. The molecule has 0 saturated carbocycles. The van der Waals surface area contributed by atoms with Crippen LogP contribution in [0.25, 0.3) is 0 Å². The van der Waals surface area contributed by atoms with E-state index in [0.29, 0.717) is 6.61 Å². The van der Waals surface area contributed by atoms with E-state index >= 15 is 0 Å². The number of hydrogen-bond acceptors (Lipinski definition) is 2. The van der Waals surface area contributed by atoms with E-state index in [0.717, 1.165) is 19.4 Å². The number of hydrogen-bond donors (Lipinski definition) is 1. The summed E-state index contributed by atoms with van der Waals surface area (Å²) in [5.41, 5.74) is 1.34. The highest BCUT2D eigenvalue weighted by molar-refractivity contribution is 5.14. The van der Waals surface area contributed by atoms with Crippen molar-refractivity contribution in [2.45, 2.75) is 25.9 Å². The minimum Gasteiger partial charge on any atom is -0.391 e. The Morgan fingerprint density at radius 3 is 2.64 bits per heavy atom. The van der Waals surface area contributed by atoms with Gasteiger partial charge in [0.1, 0.15) is 0 Å². The van der Waals surface area contributed by atoms with Crippen LogP contribution in [0, 0.1) is 0 Å². The minimum atomic E-state index is -0.355. The van der Waals surface area contributed by atoms with Gasteiger partial charge in [-0.3, -0.25) is 0 Å². The van der Waals surface area contributed by atoms with Crippen molar-refractivity contribution in [1.29, 1.82) is 0 Å². The lowest BCUT2D eigenvalue weighted by Crippen LogP contribution is -2.11. The fourth-order valence-electron chi connectivity index (χ4n) is 1.28. The van der Waals surface area contributed by atoms with Gasteiger partial charge in [0, 0.05) is 6.61 Å². The molecule has 14 heavy (non-hydrogen) atoms. The van der Waals surface area contributed by atoms with E-state index < -0.39 is 0 Å². The molecule has 0 aliphatic carbocycles. The first-order valence-electron chi connectivity index (χ1n) is 5.09. The molecular formula is C12H18O2. The Balaban J connectivity index is 2.05. The van der Waals surface area contributed by atoms with Crippen molar-refractivity contribution in [1.82, 2.24) is 0 Å². The van der Waals surface area contributed by atoms with Gasteiger partial charge in [-0.2, -0.15) is 0 Å². The van der Waals surface area contributed by atoms with Crippen molar-refractivity contribution in [2.24, 2.45) is 0 Å². The van der Waals surface area contributed by atoms with E-state index in [-0.39, 0.29) is 6.10 Å². The van der Waals surface area contributed by atoms with E-state index in [2.05, 4.69) is 12.1 Å². The molecule has 0 spiro atoms. The van der Waals surface area contributed by atoms with Crippen LogP contribution in [0.3, 0.4) is 0 Å². The molecule has 0 aliphatic heterocycles. The summed E-state index contributed by atoms with van der Waals surface area (Å²) in [5.74, 6) is 0. The van der Waals surface area contributed by atoms with Gasteiger partial charge in [0.15, 0.2) is 0 Å². The molecule has 0 aromatic heterocycles. The van der Waals surface area contributed by atoms with Crippen molar-refractivity contribution in [2.75, 3.05) is 13.2 Å². The van der Waals surface area contributed by atoms with E-state index in [9.17, 15) is 0 Å². The molecule has 0 amide bonds. The highest BCUT2D eigenvalue weighted by Crippen LogP contribution is 2.02. The van der Waals surface area contributed by atoms with Gasteiger partial charge in [-0.1, -0.05) is 30.3 Å². The van der Waals surface area contributed by atoms with Crippen LogP contribution in [0.1, 0.15) is 18.9 Å². The van der Waals surface area contributed by atoms with Gasteiger partial charge in [0.25, 0.3) is 0 Å². The lowest BCUT2D eigenvalue weighted by molar-refractivity contribution is 0.0453. The highest BCUT2D eigenvalue weighted by atomic mass is 16.5. The topological polar surface area (TPSA) is 29.5 Å². The monoisotopic (exact) mass is 194 g/mol. The lowest BCUT2D eigenvalue weighted by Gasteiger charge is -2.05. The van der Waals surface area contributed by atoms with Crippen molar-refractivity contribution < 1.29 is 9.84 Å². The van der Waals surface area contributed by atoms with Crippen molar-refractivity contribution in [3.63, 3.8) is 0 Å². The number of aliphatic hydroxyl groups is 1. The van der Waals surface area contributed by atoms with Gasteiger partial charge in [-0.15, -0.1) is 0 Å². The Hall–Kier alpha value is -0.860. The molecule has 0 heterocycles. The Labute approximate surface area is 85.5 Å². The average molecular weight is 194 g/mol. The summed E-state index contributed by atoms with van der Waals surface area (Å²) in [4.78, 5) is 0. The molecule has 1 unspecified atom stereocenters. The largest absolute Gasteiger partial charge is 0.391 e. The zero-order valence-electron chi connectivity index (χ0n) is 8.65. The molecule has 78 valence electrons. The van der Waals surface area contributed by atoms with Crippen LogP contribution in [0.15, 0.2) is 30.3 Å². The maximum Gasteiger partial charge on any atom is 0.0745 e. The molecule has 1 aromatic rings. The van der Waals surface area contributed by atoms with E-state index in [1.807, 2.05) is 18.2 Å². The first-order valence-corrected chi connectivity index (χ1v) is 5.09. The second kappa shape index (κ2) is 6.57. The third-order valence-corrected chi connectivity index (χ3v) is 1.96. The molecular weight excluding hydrogens is 176 g/mol. The second-order valence-electron chi connectivity index (χ2n) is 3.51. The molecule has 0 aliphatic rings. The zero-order valence-corrected chi connectivity index (χ0v) is 8.65. The van der Waals surface area contributed by atoms with Crippen LogP contribution in [-0.4, -0.2) is 24.4 Å². The van der Waals surface area contributed by atoms with Crippen LogP contribution < -0.4 is 0 Å². The van der Waals surface area contributed by atoms with Crippen molar-refractivity contribution in [3.8, 4) is 0 Å². The minimum absolute atomic E-state index is 0.355. The fraction of sp³-hybridized carbons (Fsp3) is 0.500. The first kappa shape index (κ1) is 11.2. The van der Waals surface area contributed by atoms with Gasteiger partial charge >= 0.3 is 0 Å². The fourth-order valence-corrected chi connectivity index (χ4v) is 1.28. The van der Waals surface area contributed by atoms with Gasteiger partial charge in [-0.05, 0) is 25.3 Å². The average Bonchev–Trinajstić information content (AvgIpc) is 2.18. The summed E-state index contributed by atoms with van der Waals surface area (Å²) >= 11 is 0. The third-order valence-electron chi connectivity index (χ3n) is 1.96. The molecule has 1 atom stereocenters. The van der Waals surface area contributed by atoms with Crippen molar-refractivity contribution >= 4 is 0 Å². The first-order chi connectivity index (χ1) is 6.79.